The molecule has 0 radical (unpaired) electrons. The Balaban J connectivity index is 2.46. The molecule has 0 spiro atoms. The van der Waals surface area contributed by atoms with E-state index in [2.05, 4.69) is 0 Å². The van der Waals surface area contributed by atoms with E-state index in [1.54, 1.807) is 0 Å². The first kappa shape index (κ1) is 13.4. The predicted molar refractivity (Wildman–Crippen MR) is 74.6 cm³/mol. The van der Waals surface area contributed by atoms with Crippen LogP contribution in [0.1, 0.15) is 5.56 Å². The minimum absolute atomic E-state index is 0.104. The molecule has 0 bridgehead atoms. The van der Waals surface area contributed by atoms with Gasteiger partial charge in [-0.3, -0.25) is 0 Å². The second-order valence-corrected chi connectivity index (χ2v) is 7.04. The number of nitrogens with zero attached hydrogens (tertiary/aromatic N) is 1. The van der Waals surface area contributed by atoms with Crippen LogP contribution in [0.3, 0.4) is 0 Å². The minimum Gasteiger partial charge on any atom is -0.346 e. The van der Waals surface area contributed by atoms with Gasteiger partial charge in [-0.25, -0.2) is 8.42 Å². The molecule has 2 N–H and O–H groups in total. The molecule has 0 aliphatic heterocycles. The smallest absolute Gasteiger partial charge is 0.149 e. The van der Waals surface area contributed by atoms with Gasteiger partial charge in [0.15, 0.2) is 0 Å². The molecule has 0 amide bonds. The van der Waals surface area contributed by atoms with E-state index >= 15 is 0 Å². The Kier molecular flexibility index (Phi) is 3.66. The number of aryl methyl sites for hydroxylation is 1. The van der Waals surface area contributed by atoms with E-state index < -0.39 is 9.84 Å². The summed E-state index contributed by atoms with van der Waals surface area (Å²) >= 11 is 5.97. The van der Waals surface area contributed by atoms with Crippen LogP contribution >= 0.6 is 11.6 Å². The third kappa shape index (κ3) is 2.85. The van der Waals surface area contributed by atoms with Gasteiger partial charge in [0.2, 0.25) is 0 Å². The van der Waals surface area contributed by atoms with Crippen molar-refractivity contribution in [3.05, 3.63) is 35.0 Å². The van der Waals surface area contributed by atoms with Gasteiger partial charge >= 0.3 is 0 Å². The number of hydrogen-bond donors (Lipinski definition) is 1. The van der Waals surface area contributed by atoms with E-state index in [-0.39, 0.29) is 5.75 Å². The maximum Gasteiger partial charge on any atom is 0.149 e. The molecular formula is C12H15ClN2O2S. The molecular weight excluding hydrogens is 272 g/mol. The van der Waals surface area contributed by atoms with Crippen molar-refractivity contribution in [3.8, 4) is 0 Å². The zero-order valence-electron chi connectivity index (χ0n) is 10.1. The number of aromatic nitrogens is 1. The summed E-state index contributed by atoms with van der Waals surface area (Å²) in [5.41, 5.74) is 7.60. The molecule has 0 saturated heterocycles. The van der Waals surface area contributed by atoms with E-state index in [0.29, 0.717) is 18.1 Å². The van der Waals surface area contributed by atoms with Crippen molar-refractivity contribution in [2.24, 2.45) is 5.73 Å². The Hall–Kier alpha value is -1.04. The quantitative estimate of drug-likeness (QED) is 0.932. The summed E-state index contributed by atoms with van der Waals surface area (Å²) < 4.78 is 24.3. The molecule has 0 aliphatic carbocycles. The number of benzene rings is 1. The average Bonchev–Trinajstić information content (AvgIpc) is 2.63. The monoisotopic (exact) mass is 286 g/mol. The van der Waals surface area contributed by atoms with Crippen LogP contribution in [-0.4, -0.2) is 25.0 Å². The lowest BCUT2D eigenvalue weighted by Gasteiger charge is -2.04. The van der Waals surface area contributed by atoms with Crippen molar-refractivity contribution in [1.82, 2.24) is 4.57 Å². The lowest BCUT2D eigenvalue weighted by atomic mass is 10.2. The largest absolute Gasteiger partial charge is 0.346 e. The van der Waals surface area contributed by atoms with Crippen molar-refractivity contribution < 1.29 is 8.42 Å². The molecule has 6 heteroatoms. The second-order valence-electron chi connectivity index (χ2n) is 4.34. The molecule has 2 rings (SSSR count). The minimum atomic E-state index is -2.98. The highest BCUT2D eigenvalue weighted by Gasteiger charge is 2.10. The van der Waals surface area contributed by atoms with E-state index in [4.69, 9.17) is 17.3 Å². The van der Waals surface area contributed by atoms with Gasteiger partial charge < -0.3 is 10.3 Å². The molecule has 18 heavy (non-hydrogen) atoms. The summed E-state index contributed by atoms with van der Waals surface area (Å²) in [6, 6.07) is 5.55. The lowest BCUT2D eigenvalue weighted by Crippen LogP contribution is -2.10. The molecule has 0 aliphatic rings. The summed E-state index contributed by atoms with van der Waals surface area (Å²) in [5, 5.41) is 1.65. The standard InChI is InChI=1S/C12H15ClN2O2S/c1-18(16,17)5-4-15-8-9(7-14)11-3-2-10(13)6-12(11)15/h2-3,6,8H,4-5,7,14H2,1H3. The Morgan fingerprint density at radius 1 is 1.39 bits per heavy atom. The highest BCUT2D eigenvalue weighted by atomic mass is 35.5. The number of rotatable bonds is 4. The zero-order valence-corrected chi connectivity index (χ0v) is 11.6. The van der Waals surface area contributed by atoms with Gasteiger partial charge in [-0.1, -0.05) is 17.7 Å². The van der Waals surface area contributed by atoms with Crippen molar-refractivity contribution >= 4 is 32.3 Å². The van der Waals surface area contributed by atoms with Gasteiger partial charge in [0.1, 0.15) is 9.84 Å². The number of halogens is 1. The van der Waals surface area contributed by atoms with Crippen molar-refractivity contribution in [2.45, 2.75) is 13.1 Å². The lowest BCUT2D eigenvalue weighted by molar-refractivity contribution is 0.596. The first-order valence-electron chi connectivity index (χ1n) is 5.56. The van der Waals surface area contributed by atoms with Crippen LogP contribution in [0.25, 0.3) is 10.9 Å². The molecule has 0 fully saturated rings. The number of fused-ring (bicyclic) bond motifs is 1. The molecule has 4 nitrogen and oxygen atoms in total. The molecule has 98 valence electrons. The summed E-state index contributed by atoms with van der Waals surface area (Å²) in [6.45, 7) is 0.833. The van der Waals surface area contributed by atoms with Crippen molar-refractivity contribution in [1.29, 1.82) is 0 Å². The van der Waals surface area contributed by atoms with Crippen LogP contribution < -0.4 is 5.73 Å². The first-order chi connectivity index (χ1) is 8.40. The molecule has 2 aromatic rings. The Labute approximate surface area is 111 Å². The van der Waals surface area contributed by atoms with E-state index in [0.717, 1.165) is 16.5 Å². The fourth-order valence-corrected chi connectivity index (χ4v) is 2.65. The van der Waals surface area contributed by atoms with Crippen LogP contribution in [0.15, 0.2) is 24.4 Å². The van der Waals surface area contributed by atoms with Crippen LogP contribution in [-0.2, 0) is 22.9 Å². The maximum absolute atomic E-state index is 11.2. The predicted octanol–water partition coefficient (Wildman–Crippen LogP) is 1.80. The normalized spacial score (nSPS) is 12.2. The highest BCUT2D eigenvalue weighted by molar-refractivity contribution is 7.90. The summed E-state index contributed by atoms with van der Waals surface area (Å²) in [5.74, 6) is 0.104. The average molecular weight is 287 g/mol. The summed E-state index contributed by atoms with van der Waals surface area (Å²) in [4.78, 5) is 0. The van der Waals surface area contributed by atoms with Gasteiger partial charge in [-0.15, -0.1) is 0 Å². The zero-order chi connectivity index (χ0) is 13.3. The van der Waals surface area contributed by atoms with E-state index in [1.807, 2.05) is 29.0 Å². The SMILES string of the molecule is CS(=O)(=O)CCn1cc(CN)c2ccc(Cl)cc21. The molecule has 0 atom stereocenters. The summed E-state index contributed by atoms with van der Waals surface area (Å²) in [7, 11) is -2.98. The topological polar surface area (TPSA) is 65.1 Å². The Morgan fingerprint density at radius 2 is 2.11 bits per heavy atom. The molecule has 0 unspecified atom stereocenters. The Bertz CT molecular complexity index is 677. The first-order valence-corrected chi connectivity index (χ1v) is 7.99. The van der Waals surface area contributed by atoms with E-state index in [1.165, 1.54) is 6.26 Å². The van der Waals surface area contributed by atoms with Gasteiger partial charge in [0, 0.05) is 41.5 Å². The van der Waals surface area contributed by atoms with Crippen LogP contribution in [0, 0.1) is 0 Å². The summed E-state index contributed by atoms with van der Waals surface area (Å²) in [6.07, 6.45) is 3.13. The number of hydrogen-bond acceptors (Lipinski definition) is 3. The van der Waals surface area contributed by atoms with Gasteiger partial charge in [0.25, 0.3) is 0 Å². The molecule has 0 saturated carbocycles. The third-order valence-corrected chi connectivity index (χ3v) is 4.01. The van der Waals surface area contributed by atoms with Crippen molar-refractivity contribution in [3.63, 3.8) is 0 Å². The second kappa shape index (κ2) is 4.91. The van der Waals surface area contributed by atoms with Crippen LogP contribution in [0.2, 0.25) is 5.02 Å². The van der Waals surface area contributed by atoms with Crippen LogP contribution in [0.5, 0.6) is 0 Å². The van der Waals surface area contributed by atoms with Gasteiger partial charge in [-0.05, 0) is 17.7 Å². The van der Waals surface area contributed by atoms with Crippen molar-refractivity contribution in [2.75, 3.05) is 12.0 Å². The van der Waals surface area contributed by atoms with Crippen LogP contribution in [0.4, 0.5) is 0 Å². The number of nitrogens with two attached hydrogens (primary N) is 1. The number of sulfone groups is 1. The fraction of sp³-hybridized carbons (Fsp3) is 0.333. The highest BCUT2D eigenvalue weighted by Crippen LogP contribution is 2.24. The van der Waals surface area contributed by atoms with Gasteiger partial charge in [-0.2, -0.15) is 0 Å². The molecule has 1 aromatic heterocycles. The molecule has 1 aromatic carbocycles. The van der Waals surface area contributed by atoms with E-state index in [9.17, 15) is 8.42 Å². The third-order valence-electron chi connectivity index (χ3n) is 2.85. The maximum atomic E-state index is 11.2. The van der Waals surface area contributed by atoms with Gasteiger partial charge in [0.05, 0.1) is 5.75 Å². The Morgan fingerprint density at radius 3 is 2.72 bits per heavy atom. The fourth-order valence-electron chi connectivity index (χ4n) is 1.95. The molecule has 1 heterocycles.